The van der Waals surface area contributed by atoms with Gasteiger partial charge in [-0.15, -0.1) is 0 Å². The van der Waals surface area contributed by atoms with E-state index in [1.165, 1.54) is 0 Å². The fourth-order valence-corrected chi connectivity index (χ4v) is 2.58. The number of nitrogens with zero attached hydrogens (tertiary/aromatic N) is 1. The summed E-state index contributed by atoms with van der Waals surface area (Å²) in [6, 6.07) is 6.00. The third-order valence-electron chi connectivity index (χ3n) is 3.47. The minimum atomic E-state index is 0.0364. The molecule has 1 heterocycles. The van der Waals surface area contributed by atoms with Crippen molar-refractivity contribution in [2.24, 2.45) is 0 Å². The van der Waals surface area contributed by atoms with Crippen LogP contribution in [-0.4, -0.2) is 30.4 Å². The van der Waals surface area contributed by atoms with Crippen LogP contribution in [0.2, 0.25) is 5.02 Å². The molecule has 3 nitrogen and oxygen atoms in total. The highest BCUT2D eigenvalue weighted by atomic mass is 35.5. The summed E-state index contributed by atoms with van der Waals surface area (Å²) in [5.41, 5.74) is 1.96. The molecule has 100 valence electrons. The normalized spacial score (nSPS) is 24.3. The molecule has 0 amide bonds. The molecule has 0 saturated carbocycles. The Kier molecular flexibility index (Phi) is 4.49. The largest absolute Gasteiger partial charge is 0.392 e. The molecule has 2 unspecified atom stereocenters. The second-order valence-corrected chi connectivity index (χ2v) is 5.23. The van der Waals surface area contributed by atoms with E-state index in [0.717, 1.165) is 30.8 Å². The molecule has 1 fully saturated rings. The van der Waals surface area contributed by atoms with Crippen molar-refractivity contribution >= 4 is 17.3 Å². The van der Waals surface area contributed by atoms with Gasteiger partial charge in [-0.05, 0) is 25.5 Å². The summed E-state index contributed by atoms with van der Waals surface area (Å²) in [5.74, 6) is 0. The first-order valence-corrected chi connectivity index (χ1v) is 6.81. The highest BCUT2D eigenvalue weighted by molar-refractivity contribution is 6.30. The summed E-state index contributed by atoms with van der Waals surface area (Å²) in [6.45, 7) is 5.83. The van der Waals surface area contributed by atoms with Gasteiger partial charge in [-0.2, -0.15) is 0 Å². The van der Waals surface area contributed by atoms with Gasteiger partial charge in [-0.1, -0.05) is 24.6 Å². The third-order valence-corrected chi connectivity index (χ3v) is 3.70. The lowest BCUT2D eigenvalue weighted by atomic mass is 10.1. The molecule has 2 atom stereocenters. The van der Waals surface area contributed by atoms with Crippen LogP contribution in [0.3, 0.4) is 0 Å². The molecule has 0 radical (unpaired) electrons. The smallest absolute Gasteiger partial charge is 0.0723 e. The molecule has 0 aliphatic carbocycles. The van der Waals surface area contributed by atoms with E-state index in [9.17, 15) is 5.11 Å². The number of ether oxygens (including phenoxy) is 1. The van der Waals surface area contributed by atoms with E-state index in [-0.39, 0.29) is 12.7 Å². The minimum Gasteiger partial charge on any atom is -0.392 e. The number of hydrogen-bond acceptors (Lipinski definition) is 3. The number of rotatable bonds is 3. The van der Waals surface area contributed by atoms with Crippen molar-refractivity contribution in [2.75, 3.05) is 18.1 Å². The van der Waals surface area contributed by atoms with Gasteiger partial charge in [0.2, 0.25) is 0 Å². The molecule has 4 heteroatoms. The molecule has 1 aliphatic heterocycles. The average molecular weight is 270 g/mol. The van der Waals surface area contributed by atoms with E-state index in [4.69, 9.17) is 16.3 Å². The van der Waals surface area contributed by atoms with Gasteiger partial charge in [0.05, 0.1) is 25.4 Å². The number of aliphatic hydroxyl groups is 1. The molecule has 18 heavy (non-hydrogen) atoms. The van der Waals surface area contributed by atoms with Crippen molar-refractivity contribution in [1.29, 1.82) is 0 Å². The zero-order valence-electron chi connectivity index (χ0n) is 10.9. The minimum absolute atomic E-state index is 0.0364. The van der Waals surface area contributed by atoms with Gasteiger partial charge in [0.25, 0.3) is 0 Å². The van der Waals surface area contributed by atoms with Crippen molar-refractivity contribution in [3.05, 3.63) is 28.8 Å². The predicted octanol–water partition coefficient (Wildman–Crippen LogP) is 2.84. The fraction of sp³-hybridized carbons (Fsp3) is 0.571. The Morgan fingerprint density at radius 2 is 2.28 bits per heavy atom. The van der Waals surface area contributed by atoms with E-state index in [0.29, 0.717) is 11.1 Å². The van der Waals surface area contributed by atoms with Gasteiger partial charge in [0.1, 0.15) is 0 Å². The summed E-state index contributed by atoms with van der Waals surface area (Å²) in [4.78, 5) is 2.31. The van der Waals surface area contributed by atoms with Gasteiger partial charge >= 0.3 is 0 Å². The molecular weight excluding hydrogens is 250 g/mol. The topological polar surface area (TPSA) is 32.7 Å². The average Bonchev–Trinajstić information content (AvgIpc) is 2.38. The van der Waals surface area contributed by atoms with Crippen LogP contribution in [0.1, 0.15) is 25.8 Å². The molecule has 0 aromatic heterocycles. The highest BCUT2D eigenvalue weighted by Crippen LogP contribution is 2.29. The first-order chi connectivity index (χ1) is 8.65. The maximum Gasteiger partial charge on any atom is 0.0723 e. The first-order valence-electron chi connectivity index (χ1n) is 6.43. The standard InChI is InChI=1S/C14H20ClNO2/c1-3-13-9-18-10(2)7-16(13)14-6-12(15)5-4-11(14)8-17/h4-6,10,13,17H,3,7-9H2,1-2H3. The van der Waals surface area contributed by atoms with Gasteiger partial charge in [-0.25, -0.2) is 0 Å². The molecule has 1 aliphatic rings. The van der Waals surface area contributed by atoms with E-state index in [1.54, 1.807) is 0 Å². The van der Waals surface area contributed by atoms with Crippen LogP contribution in [0, 0.1) is 0 Å². The van der Waals surface area contributed by atoms with Crippen LogP contribution in [-0.2, 0) is 11.3 Å². The van der Waals surface area contributed by atoms with Crippen LogP contribution < -0.4 is 4.90 Å². The van der Waals surface area contributed by atoms with Crippen molar-refractivity contribution < 1.29 is 9.84 Å². The van der Waals surface area contributed by atoms with Gasteiger partial charge in [0.15, 0.2) is 0 Å². The number of hydrogen-bond donors (Lipinski definition) is 1. The lowest BCUT2D eigenvalue weighted by molar-refractivity contribution is 0.0298. The van der Waals surface area contributed by atoms with Crippen LogP contribution in [0.15, 0.2) is 18.2 Å². The van der Waals surface area contributed by atoms with Gasteiger partial charge < -0.3 is 14.7 Å². The van der Waals surface area contributed by atoms with E-state index in [1.807, 2.05) is 18.2 Å². The van der Waals surface area contributed by atoms with Crippen LogP contribution in [0.5, 0.6) is 0 Å². The fourth-order valence-electron chi connectivity index (χ4n) is 2.42. The van der Waals surface area contributed by atoms with E-state index < -0.39 is 0 Å². The Balaban J connectivity index is 2.34. The quantitative estimate of drug-likeness (QED) is 0.916. The van der Waals surface area contributed by atoms with Gasteiger partial charge in [0, 0.05) is 22.8 Å². The number of aliphatic hydroxyl groups excluding tert-OH is 1. The van der Waals surface area contributed by atoms with Crippen molar-refractivity contribution in [1.82, 2.24) is 0 Å². The zero-order valence-corrected chi connectivity index (χ0v) is 11.7. The summed E-state index contributed by atoms with van der Waals surface area (Å²) in [5, 5.41) is 10.2. The lowest BCUT2D eigenvalue weighted by Gasteiger charge is -2.40. The Morgan fingerprint density at radius 3 is 2.94 bits per heavy atom. The monoisotopic (exact) mass is 269 g/mol. The molecule has 1 aromatic carbocycles. The Hall–Kier alpha value is -0.770. The van der Waals surface area contributed by atoms with Crippen LogP contribution in [0.25, 0.3) is 0 Å². The molecule has 0 bridgehead atoms. The maximum absolute atomic E-state index is 9.46. The van der Waals surface area contributed by atoms with Crippen molar-refractivity contribution in [2.45, 2.75) is 39.0 Å². The number of morpholine rings is 1. The van der Waals surface area contributed by atoms with E-state index in [2.05, 4.69) is 18.7 Å². The Bertz CT molecular complexity index is 411. The molecule has 0 spiro atoms. The third kappa shape index (κ3) is 2.79. The van der Waals surface area contributed by atoms with Gasteiger partial charge in [-0.3, -0.25) is 0 Å². The second-order valence-electron chi connectivity index (χ2n) is 4.79. The van der Waals surface area contributed by atoms with Crippen LogP contribution in [0.4, 0.5) is 5.69 Å². The molecule has 1 aromatic rings. The first kappa shape index (κ1) is 13.7. The van der Waals surface area contributed by atoms with Crippen LogP contribution >= 0.6 is 11.6 Å². The van der Waals surface area contributed by atoms with Crippen molar-refractivity contribution in [3.8, 4) is 0 Å². The second kappa shape index (κ2) is 5.91. The Morgan fingerprint density at radius 1 is 1.50 bits per heavy atom. The highest BCUT2D eigenvalue weighted by Gasteiger charge is 2.27. The molecule has 1 saturated heterocycles. The van der Waals surface area contributed by atoms with Crippen molar-refractivity contribution in [3.63, 3.8) is 0 Å². The zero-order chi connectivity index (χ0) is 13.1. The maximum atomic E-state index is 9.46. The number of benzene rings is 1. The van der Waals surface area contributed by atoms with E-state index >= 15 is 0 Å². The molecule has 2 rings (SSSR count). The number of halogens is 1. The summed E-state index contributed by atoms with van der Waals surface area (Å²) in [7, 11) is 0. The molecular formula is C14H20ClNO2. The predicted molar refractivity (Wildman–Crippen MR) is 74.2 cm³/mol. The summed E-state index contributed by atoms with van der Waals surface area (Å²) >= 11 is 6.08. The Labute approximate surface area is 113 Å². The number of anilines is 1. The summed E-state index contributed by atoms with van der Waals surface area (Å²) in [6.07, 6.45) is 1.22. The SMILES string of the molecule is CCC1COC(C)CN1c1cc(Cl)ccc1CO. The lowest BCUT2D eigenvalue weighted by Crippen LogP contribution is -2.49. The molecule has 1 N–H and O–H groups in total. The summed E-state index contributed by atoms with van der Waals surface area (Å²) < 4.78 is 5.70.